The van der Waals surface area contributed by atoms with Crippen LogP contribution in [0, 0.1) is 0 Å². The molecule has 0 saturated heterocycles. The van der Waals surface area contributed by atoms with Gasteiger partial charge >= 0.3 is 0 Å². The quantitative estimate of drug-likeness (QED) is 0.851. The molecule has 1 aromatic carbocycles. The number of rotatable bonds is 2. The molecule has 1 aromatic heterocycles. The predicted molar refractivity (Wildman–Crippen MR) is 74.9 cm³/mol. The van der Waals surface area contributed by atoms with Crippen LogP contribution in [0.3, 0.4) is 0 Å². The van der Waals surface area contributed by atoms with Gasteiger partial charge in [0.25, 0.3) is 0 Å². The largest absolute Gasteiger partial charge is 0.490 e. The summed E-state index contributed by atoms with van der Waals surface area (Å²) in [4.78, 5) is 6.67. The van der Waals surface area contributed by atoms with Crippen molar-refractivity contribution in [2.24, 2.45) is 0 Å². The van der Waals surface area contributed by atoms with Gasteiger partial charge in [0.2, 0.25) is 0 Å². The van der Waals surface area contributed by atoms with E-state index < -0.39 is 0 Å². The van der Waals surface area contributed by atoms with Gasteiger partial charge < -0.3 is 9.64 Å². The average molecular weight is 305 g/mol. The number of aromatic nitrogens is 1. The molecule has 3 rings (SSSR count). The number of fused-ring (bicyclic) bond motifs is 1. The number of hydrogen-bond acceptors (Lipinski definition) is 3. The summed E-state index contributed by atoms with van der Waals surface area (Å²) in [6.45, 7) is 2.43. The summed E-state index contributed by atoms with van der Waals surface area (Å²) in [5.74, 6) is 0.937. The number of anilines is 1. The molecule has 0 bridgehead atoms. The molecule has 2 aromatic rings. The second kappa shape index (κ2) is 4.98. The third-order valence-electron chi connectivity index (χ3n) is 2.96. The molecular formula is C14H13BrN2O. The smallest absolute Gasteiger partial charge is 0.143 e. The Morgan fingerprint density at radius 2 is 2.22 bits per heavy atom. The van der Waals surface area contributed by atoms with Gasteiger partial charge in [0.15, 0.2) is 0 Å². The van der Waals surface area contributed by atoms with Crippen LogP contribution in [-0.2, 0) is 6.54 Å². The number of hydrogen-bond donors (Lipinski definition) is 0. The minimum Gasteiger partial charge on any atom is -0.490 e. The highest BCUT2D eigenvalue weighted by Crippen LogP contribution is 2.34. The van der Waals surface area contributed by atoms with Crippen LogP contribution >= 0.6 is 15.9 Å². The van der Waals surface area contributed by atoms with E-state index in [2.05, 4.69) is 31.9 Å². The van der Waals surface area contributed by atoms with Crippen LogP contribution in [0.25, 0.3) is 0 Å². The average Bonchev–Trinajstić information content (AvgIpc) is 2.40. The first kappa shape index (κ1) is 11.5. The van der Waals surface area contributed by atoms with E-state index >= 15 is 0 Å². The lowest BCUT2D eigenvalue weighted by Crippen LogP contribution is -2.32. The van der Waals surface area contributed by atoms with Crippen LogP contribution in [-0.4, -0.2) is 18.1 Å². The van der Waals surface area contributed by atoms with E-state index in [1.165, 1.54) is 0 Å². The van der Waals surface area contributed by atoms with Crippen LogP contribution in [0.15, 0.2) is 47.1 Å². The van der Waals surface area contributed by atoms with Crippen molar-refractivity contribution < 1.29 is 4.74 Å². The summed E-state index contributed by atoms with van der Waals surface area (Å²) in [6.07, 6.45) is 1.83. The fourth-order valence-electron chi connectivity index (χ4n) is 2.10. The van der Waals surface area contributed by atoms with Gasteiger partial charge in [-0.3, -0.25) is 4.98 Å². The van der Waals surface area contributed by atoms with Crippen LogP contribution in [0.5, 0.6) is 5.75 Å². The fraction of sp³-hybridized carbons (Fsp3) is 0.214. The van der Waals surface area contributed by atoms with E-state index in [9.17, 15) is 0 Å². The summed E-state index contributed by atoms with van der Waals surface area (Å²) < 4.78 is 6.72. The van der Waals surface area contributed by atoms with Crippen molar-refractivity contribution in [1.82, 2.24) is 4.98 Å². The minimum absolute atomic E-state index is 0.719. The van der Waals surface area contributed by atoms with E-state index in [1.54, 1.807) is 0 Å². The standard InChI is InChI=1S/C14H13BrN2O/c15-11-4-5-13-14(9-11)18-8-7-17(13)10-12-3-1-2-6-16-12/h1-6,9H,7-8,10H2. The van der Waals surface area contributed by atoms with Gasteiger partial charge in [-0.05, 0) is 30.3 Å². The third kappa shape index (κ3) is 2.34. The predicted octanol–water partition coefficient (Wildman–Crippen LogP) is 3.24. The maximum Gasteiger partial charge on any atom is 0.143 e. The Hall–Kier alpha value is -1.55. The Bertz CT molecular complexity index is 545. The molecule has 4 heteroatoms. The van der Waals surface area contributed by atoms with Crippen molar-refractivity contribution in [2.45, 2.75) is 6.54 Å². The molecule has 1 aliphatic rings. The number of benzene rings is 1. The van der Waals surface area contributed by atoms with E-state index in [0.29, 0.717) is 0 Å². The molecule has 0 amide bonds. The molecule has 2 heterocycles. The van der Waals surface area contributed by atoms with Crippen LogP contribution in [0.1, 0.15) is 5.69 Å². The molecule has 92 valence electrons. The molecule has 0 atom stereocenters. The highest BCUT2D eigenvalue weighted by Gasteiger charge is 2.18. The number of halogens is 1. The van der Waals surface area contributed by atoms with E-state index in [0.717, 1.165) is 41.3 Å². The number of ether oxygens (including phenoxy) is 1. The molecule has 0 fully saturated rings. The fourth-order valence-corrected chi connectivity index (χ4v) is 2.44. The van der Waals surface area contributed by atoms with Crippen LogP contribution in [0.4, 0.5) is 5.69 Å². The molecule has 0 aliphatic carbocycles. The van der Waals surface area contributed by atoms with Crippen molar-refractivity contribution >= 4 is 21.6 Å². The zero-order valence-corrected chi connectivity index (χ0v) is 11.4. The molecular weight excluding hydrogens is 292 g/mol. The second-order valence-corrected chi connectivity index (χ2v) is 5.12. The molecule has 0 unspecified atom stereocenters. The first-order valence-electron chi connectivity index (χ1n) is 5.90. The van der Waals surface area contributed by atoms with E-state index in [1.807, 2.05) is 36.5 Å². The maximum absolute atomic E-state index is 5.68. The first-order chi connectivity index (χ1) is 8.83. The Labute approximate surface area is 115 Å². The molecule has 0 N–H and O–H groups in total. The van der Waals surface area contributed by atoms with Crippen molar-refractivity contribution in [3.63, 3.8) is 0 Å². The number of nitrogens with zero attached hydrogens (tertiary/aromatic N) is 2. The monoisotopic (exact) mass is 304 g/mol. The minimum atomic E-state index is 0.719. The lowest BCUT2D eigenvalue weighted by atomic mass is 10.2. The first-order valence-corrected chi connectivity index (χ1v) is 6.69. The highest BCUT2D eigenvalue weighted by molar-refractivity contribution is 9.10. The summed E-state index contributed by atoms with van der Waals surface area (Å²) in [5.41, 5.74) is 2.21. The van der Waals surface area contributed by atoms with Gasteiger partial charge in [-0.15, -0.1) is 0 Å². The molecule has 18 heavy (non-hydrogen) atoms. The van der Waals surface area contributed by atoms with Gasteiger partial charge in [0, 0.05) is 10.7 Å². The van der Waals surface area contributed by atoms with Crippen molar-refractivity contribution in [3.8, 4) is 5.75 Å². The van der Waals surface area contributed by atoms with Crippen molar-refractivity contribution in [3.05, 3.63) is 52.8 Å². The maximum atomic E-state index is 5.68. The zero-order chi connectivity index (χ0) is 12.4. The molecule has 0 spiro atoms. The van der Waals surface area contributed by atoms with Gasteiger partial charge in [0.05, 0.1) is 24.5 Å². The Kier molecular flexibility index (Phi) is 3.19. The highest BCUT2D eigenvalue weighted by atomic mass is 79.9. The van der Waals surface area contributed by atoms with E-state index in [-0.39, 0.29) is 0 Å². The SMILES string of the molecule is Brc1ccc2c(c1)OCCN2Cc1ccccn1. The molecule has 0 radical (unpaired) electrons. The summed E-state index contributed by atoms with van der Waals surface area (Å²) in [6, 6.07) is 12.1. The lowest BCUT2D eigenvalue weighted by molar-refractivity contribution is 0.306. The normalized spacial score (nSPS) is 13.9. The van der Waals surface area contributed by atoms with Gasteiger partial charge in [-0.1, -0.05) is 22.0 Å². The Morgan fingerprint density at radius 3 is 3.06 bits per heavy atom. The summed E-state index contributed by atoms with van der Waals surface area (Å²) >= 11 is 3.47. The lowest BCUT2D eigenvalue weighted by Gasteiger charge is -2.31. The number of pyridine rings is 1. The second-order valence-electron chi connectivity index (χ2n) is 4.20. The summed E-state index contributed by atoms with van der Waals surface area (Å²) in [5, 5.41) is 0. The topological polar surface area (TPSA) is 25.4 Å². The van der Waals surface area contributed by atoms with Crippen molar-refractivity contribution in [1.29, 1.82) is 0 Å². The molecule has 1 aliphatic heterocycles. The van der Waals surface area contributed by atoms with Crippen molar-refractivity contribution in [2.75, 3.05) is 18.1 Å². The molecule has 3 nitrogen and oxygen atoms in total. The Morgan fingerprint density at radius 1 is 1.28 bits per heavy atom. The van der Waals surface area contributed by atoms with Gasteiger partial charge in [-0.25, -0.2) is 0 Å². The van der Waals surface area contributed by atoms with Crippen LogP contribution < -0.4 is 9.64 Å². The Balaban J connectivity index is 1.87. The van der Waals surface area contributed by atoms with Gasteiger partial charge in [-0.2, -0.15) is 0 Å². The zero-order valence-electron chi connectivity index (χ0n) is 9.84. The van der Waals surface area contributed by atoms with Crippen LogP contribution in [0.2, 0.25) is 0 Å². The van der Waals surface area contributed by atoms with Gasteiger partial charge in [0.1, 0.15) is 12.4 Å². The molecule has 0 saturated carbocycles. The third-order valence-corrected chi connectivity index (χ3v) is 3.45. The summed E-state index contributed by atoms with van der Waals surface area (Å²) in [7, 11) is 0. The van der Waals surface area contributed by atoms with E-state index in [4.69, 9.17) is 4.74 Å².